The van der Waals surface area contributed by atoms with Gasteiger partial charge in [-0.25, -0.2) is 4.79 Å². The Hall–Kier alpha value is -1.15. The number of rotatable bonds is 4. The number of carboxylic acid groups (broad SMARTS) is 1. The monoisotopic (exact) mass is 285 g/mol. The number of hydrogen-bond donors (Lipinski definition) is 2. The summed E-state index contributed by atoms with van der Waals surface area (Å²) in [4.78, 5) is 20.3. The number of aliphatic carboxylic acids is 1. The van der Waals surface area contributed by atoms with Crippen molar-refractivity contribution in [2.75, 3.05) is 6.61 Å². The first kappa shape index (κ1) is 17.8. The Morgan fingerprint density at radius 1 is 1.42 bits per heavy atom. The quantitative estimate of drug-likeness (QED) is 0.761. The van der Waals surface area contributed by atoms with Gasteiger partial charge in [-0.05, 0) is 6.92 Å². The van der Waals surface area contributed by atoms with Crippen molar-refractivity contribution < 1.29 is 32.6 Å². The Morgan fingerprint density at radius 2 is 1.79 bits per heavy atom. The molecule has 0 radical (unpaired) electrons. The summed E-state index contributed by atoms with van der Waals surface area (Å²) in [5.74, 6) is -2.60. The van der Waals surface area contributed by atoms with Crippen molar-refractivity contribution in [3.63, 3.8) is 0 Å². The smallest absolute Gasteiger partial charge is 0.475 e. The van der Waals surface area contributed by atoms with Gasteiger partial charge in [0, 0.05) is 12.3 Å². The highest BCUT2D eigenvalue weighted by atomic mass is 19.4. The Kier molecular flexibility index (Phi) is 5.95. The molecule has 1 rings (SSSR count). The molecule has 2 atom stereocenters. The molecule has 19 heavy (non-hydrogen) atoms. The molecule has 0 aromatic rings. The topological polar surface area (TPSA) is 92.9 Å². The van der Waals surface area contributed by atoms with Crippen LogP contribution in [0.1, 0.15) is 27.2 Å². The second kappa shape index (κ2) is 6.33. The summed E-state index contributed by atoms with van der Waals surface area (Å²) < 4.78 is 36.9. The van der Waals surface area contributed by atoms with Crippen LogP contribution in [0.5, 0.6) is 0 Å². The van der Waals surface area contributed by atoms with E-state index in [1.54, 1.807) is 0 Å². The third-order valence-electron chi connectivity index (χ3n) is 2.47. The molecule has 1 fully saturated rings. The first-order valence-electron chi connectivity index (χ1n) is 5.62. The lowest BCUT2D eigenvalue weighted by Crippen LogP contribution is -2.37. The number of epoxide rings is 1. The second-order valence-corrected chi connectivity index (χ2v) is 4.91. The van der Waals surface area contributed by atoms with Gasteiger partial charge in [-0.3, -0.25) is 4.79 Å². The third kappa shape index (κ3) is 7.12. The van der Waals surface area contributed by atoms with E-state index in [0.717, 1.165) is 6.61 Å². The number of nitrogens with two attached hydrogens (primary N) is 1. The molecule has 1 aliphatic heterocycles. The third-order valence-corrected chi connectivity index (χ3v) is 2.47. The molecule has 5 nitrogen and oxygen atoms in total. The predicted molar refractivity (Wildman–Crippen MR) is 60.5 cm³/mol. The summed E-state index contributed by atoms with van der Waals surface area (Å²) in [5.41, 5.74) is 5.61. The lowest BCUT2D eigenvalue weighted by atomic mass is 9.94. The van der Waals surface area contributed by atoms with Crippen molar-refractivity contribution in [3.8, 4) is 0 Å². The number of hydrogen-bond acceptors (Lipinski definition) is 4. The fourth-order valence-electron chi connectivity index (χ4n) is 1.23. The van der Waals surface area contributed by atoms with Crippen LogP contribution in [-0.4, -0.2) is 41.3 Å². The van der Waals surface area contributed by atoms with Crippen LogP contribution >= 0.6 is 0 Å². The SMILES string of the molecule is CC(C)C(=O)[C@@H](N)C[C@]1(C)CO1.O=C(O)C(F)(F)F. The van der Waals surface area contributed by atoms with Crippen LogP contribution in [0.25, 0.3) is 0 Å². The van der Waals surface area contributed by atoms with Crippen LogP contribution in [0.2, 0.25) is 0 Å². The fourth-order valence-corrected chi connectivity index (χ4v) is 1.23. The Morgan fingerprint density at radius 3 is 2.00 bits per heavy atom. The van der Waals surface area contributed by atoms with Crippen molar-refractivity contribution >= 4 is 11.8 Å². The van der Waals surface area contributed by atoms with E-state index in [-0.39, 0.29) is 23.3 Å². The number of halogens is 3. The average molecular weight is 285 g/mol. The molecule has 1 heterocycles. The average Bonchev–Trinajstić information content (AvgIpc) is 2.94. The lowest BCUT2D eigenvalue weighted by Gasteiger charge is -2.14. The highest BCUT2D eigenvalue weighted by molar-refractivity contribution is 5.85. The zero-order valence-electron chi connectivity index (χ0n) is 11.0. The Bertz CT molecular complexity index is 337. The van der Waals surface area contributed by atoms with Crippen molar-refractivity contribution in [1.82, 2.24) is 0 Å². The lowest BCUT2D eigenvalue weighted by molar-refractivity contribution is -0.192. The van der Waals surface area contributed by atoms with Crippen molar-refractivity contribution in [1.29, 1.82) is 0 Å². The van der Waals surface area contributed by atoms with Crippen LogP contribution in [-0.2, 0) is 14.3 Å². The molecular weight excluding hydrogens is 267 g/mol. The van der Waals surface area contributed by atoms with E-state index in [1.807, 2.05) is 20.8 Å². The van der Waals surface area contributed by atoms with Gasteiger partial charge in [-0.1, -0.05) is 13.8 Å². The molecular formula is C11H18F3NO4. The Labute approximate surface area is 108 Å². The molecule has 0 aromatic carbocycles. The normalized spacial score (nSPS) is 23.4. The highest BCUT2D eigenvalue weighted by Gasteiger charge is 2.42. The minimum Gasteiger partial charge on any atom is -0.475 e. The van der Waals surface area contributed by atoms with Gasteiger partial charge in [0.25, 0.3) is 0 Å². The second-order valence-electron chi connectivity index (χ2n) is 4.91. The molecule has 8 heteroatoms. The van der Waals surface area contributed by atoms with E-state index in [9.17, 15) is 18.0 Å². The molecule has 1 saturated heterocycles. The van der Waals surface area contributed by atoms with Crippen molar-refractivity contribution in [3.05, 3.63) is 0 Å². The summed E-state index contributed by atoms with van der Waals surface area (Å²) in [6.07, 6.45) is -4.43. The highest BCUT2D eigenvalue weighted by Crippen LogP contribution is 2.31. The van der Waals surface area contributed by atoms with E-state index >= 15 is 0 Å². The minimum atomic E-state index is -5.08. The van der Waals surface area contributed by atoms with Gasteiger partial charge in [0.2, 0.25) is 0 Å². The summed E-state index contributed by atoms with van der Waals surface area (Å²) in [5, 5.41) is 7.12. The maximum absolute atomic E-state index is 11.4. The number of carbonyl (C=O) groups is 2. The summed E-state index contributed by atoms with van der Waals surface area (Å²) in [7, 11) is 0. The molecule has 0 aliphatic carbocycles. The Balaban J connectivity index is 0.000000399. The van der Waals surface area contributed by atoms with Gasteiger partial charge in [0.05, 0.1) is 18.2 Å². The largest absolute Gasteiger partial charge is 0.490 e. The van der Waals surface area contributed by atoms with E-state index in [1.165, 1.54) is 0 Å². The van der Waals surface area contributed by atoms with Crippen LogP contribution in [0.15, 0.2) is 0 Å². The molecule has 0 spiro atoms. The zero-order valence-corrected chi connectivity index (χ0v) is 11.0. The number of carbonyl (C=O) groups excluding carboxylic acids is 1. The van der Waals surface area contributed by atoms with Gasteiger partial charge in [0.1, 0.15) is 0 Å². The van der Waals surface area contributed by atoms with E-state index in [4.69, 9.17) is 20.4 Å². The van der Waals surface area contributed by atoms with E-state index < -0.39 is 12.1 Å². The molecule has 1 aliphatic rings. The molecule has 3 N–H and O–H groups in total. The maximum atomic E-state index is 11.4. The van der Waals surface area contributed by atoms with Gasteiger partial charge >= 0.3 is 12.1 Å². The number of alkyl halides is 3. The standard InChI is InChI=1S/C9H17NO2.C2HF3O2/c1-6(2)8(11)7(10)4-9(3)5-12-9;3-2(4,5)1(6)7/h6-7H,4-5,10H2,1-3H3;(H,6,7)/t7-,9+;/m0./s1. The van der Waals surface area contributed by atoms with Gasteiger partial charge in [0.15, 0.2) is 5.78 Å². The van der Waals surface area contributed by atoms with Crippen molar-refractivity contribution in [2.24, 2.45) is 11.7 Å². The molecule has 0 amide bonds. The van der Waals surface area contributed by atoms with Gasteiger partial charge in [-0.15, -0.1) is 0 Å². The van der Waals surface area contributed by atoms with E-state index in [2.05, 4.69) is 0 Å². The maximum Gasteiger partial charge on any atom is 0.490 e. The zero-order chi connectivity index (χ0) is 15.4. The first-order chi connectivity index (χ1) is 8.39. The van der Waals surface area contributed by atoms with Gasteiger partial charge in [-0.2, -0.15) is 13.2 Å². The number of Topliss-reactive ketones (excluding diaryl/α,β-unsaturated/α-hetero) is 1. The minimum absolute atomic E-state index is 0.0300. The van der Waals surface area contributed by atoms with Crippen LogP contribution in [0, 0.1) is 5.92 Å². The number of ether oxygens (including phenoxy) is 1. The summed E-state index contributed by atoms with van der Waals surface area (Å²) in [6, 6.07) is -0.350. The van der Waals surface area contributed by atoms with Gasteiger partial charge < -0.3 is 15.6 Å². The molecule has 0 unspecified atom stereocenters. The molecule has 112 valence electrons. The van der Waals surface area contributed by atoms with Crippen LogP contribution < -0.4 is 5.73 Å². The van der Waals surface area contributed by atoms with Crippen molar-refractivity contribution in [2.45, 2.75) is 45.0 Å². The van der Waals surface area contributed by atoms with Crippen LogP contribution in [0.3, 0.4) is 0 Å². The molecule has 0 aromatic heterocycles. The molecule has 0 bridgehead atoms. The summed E-state index contributed by atoms with van der Waals surface area (Å²) in [6.45, 7) is 6.48. The van der Waals surface area contributed by atoms with Crippen LogP contribution in [0.4, 0.5) is 13.2 Å². The summed E-state index contributed by atoms with van der Waals surface area (Å²) >= 11 is 0. The fraction of sp³-hybridized carbons (Fsp3) is 0.818. The van der Waals surface area contributed by atoms with E-state index in [0.29, 0.717) is 6.42 Å². The first-order valence-corrected chi connectivity index (χ1v) is 5.62. The number of carboxylic acids is 1. The number of ketones is 1. The molecule has 0 saturated carbocycles. The predicted octanol–water partition coefficient (Wildman–Crippen LogP) is 1.35.